The van der Waals surface area contributed by atoms with E-state index in [2.05, 4.69) is 52.2 Å². The highest BCUT2D eigenvalue weighted by Gasteiger charge is 2.09. The molecule has 0 unspecified atom stereocenters. The van der Waals surface area contributed by atoms with Crippen molar-refractivity contribution in [2.24, 2.45) is 0 Å². The monoisotopic (exact) mass is 256 g/mol. The summed E-state index contributed by atoms with van der Waals surface area (Å²) in [4.78, 5) is 8.70. The lowest BCUT2D eigenvalue weighted by atomic mass is 10.1. The van der Waals surface area contributed by atoms with Crippen LogP contribution in [0.5, 0.6) is 0 Å². The number of benzene rings is 1. The number of aryl methyl sites for hydroxylation is 2. The Bertz CT molecular complexity index is 650. The average Bonchev–Trinajstić information content (AvgIpc) is 2.99. The minimum Gasteiger partial charge on any atom is -0.257 e. The number of H-pyrrole nitrogens is 1. The molecule has 0 atom stereocenters. The first-order valence-corrected chi connectivity index (χ1v) is 6.50. The molecule has 1 N–H and O–H groups in total. The molecule has 90 valence electrons. The standard InChI is InChI=1S/C13H12N4S/c1-8-3-9(2)5-10(4-8)11-6-18-13(16-11)12-14-7-15-17-12/h3-7H,1-2H3,(H,14,15,17). The Hall–Kier alpha value is -2.01. The van der Waals surface area contributed by atoms with Crippen LogP contribution in [0.2, 0.25) is 0 Å². The second-order valence-electron chi connectivity index (χ2n) is 4.25. The molecule has 0 radical (unpaired) electrons. The highest BCUT2D eigenvalue weighted by Crippen LogP contribution is 2.27. The summed E-state index contributed by atoms with van der Waals surface area (Å²) < 4.78 is 0. The fourth-order valence-corrected chi connectivity index (χ4v) is 2.72. The smallest absolute Gasteiger partial charge is 0.184 e. The van der Waals surface area contributed by atoms with Crippen molar-refractivity contribution in [2.45, 2.75) is 13.8 Å². The molecular formula is C13H12N4S. The minimum atomic E-state index is 0.718. The van der Waals surface area contributed by atoms with Crippen molar-refractivity contribution < 1.29 is 0 Å². The van der Waals surface area contributed by atoms with Crippen LogP contribution in [0.25, 0.3) is 22.1 Å². The first-order chi connectivity index (χ1) is 8.72. The van der Waals surface area contributed by atoms with E-state index in [0.29, 0.717) is 0 Å². The molecule has 0 amide bonds. The SMILES string of the molecule is Cc1cc(C)cc(-c2csc(-c3ncn[nH]3)n2)c1. The first-order valence-electron chi connectivity index (χ1n) is 5.62. The van der Waals surface area contributed by atoms with Gasteiger partial charge >= 0.3 is 0 Å². The molecule has 0 bridgehead atoms. The number of nitrogens with zero attached hydrogens (tertiary/aromatic N) is 3. The summed E-state index contributed by atoms with van der Waals surface area (Å²) in [6.45, 7) is 4.19. The van der Waals surface area contributed by atoms with Crippen LogP contribution in [0.1, 0.15) is 11.1 Å². The lowest BCUT2D eigenvalue weighted by Crippen LogP contribution is -1.84. The normalized spacial score (nSPS) is 10.8. The van der Waals surface area contributed by atoms with Crippen molar-refractivity contribution in [3.63, 3.8) is 0 Å². The third kappa shape index (κ3) is 2.04. The van der Waals surface area contributed by atoms with Gasteiger partial charge in [0.1, 0.15) is 6.33 Å². The van der Waals surface area contributed by atoms with E-state index in [-0.39, 0.29) is 0 Å². The highest BCUT2D eigenvalue weighted by atomic mass is 32.1. The third-order valence-corrected chi connectivity index (χ3v) is 3.49. The molecule has 18 heavy (non-hydrogen) atoms. The molecule has 2 aromatic heterocycles. The molecule has 0 aliphatic rings. The topological polar surface area (TPSA) is 54.5 Å². The molecule has 0 fully saturated rings. The molecule has 0 spiro atoms. The second-order valence-corrected chi connectivity index (χ2v) is 5.11. The first kappa shape index (κ1) is 11.1. The molecular weight excluding hydrogens is 244 g/mol. The summed E-state index contributed by atoms with van der Waals surface area (Å²) in [5, 5.41) is 9.58. The van der Waals surface area contributed by atoms with E-state index < -0.39 is 0 Å². The van der Waals surface area contributed by atoms with Crippen LogP contribution in [0.3, 0.4) is 0 Å². The van der Waals surface area contributed by atoms with Gasteiger partial charge in [0.25, 0.3) is 0 Å². The zero-order valence-electron chi connectivity index (χ0n) is 10.1. The Morgan fingerprint density at radius 2 is 1.89 bits per heavy atom. The van der Waals surface area contributed by atoms with Gasteiger partial charge in [0.05, 0.1) is 5.69 Å². The summed E-state index contributed by atoms with van der Waals surface area (Å²) in [6, 6.07) is 6.45. The van der Waals surface area contributed by atoms with Crippen LogP contribution in [0.15, 0.2) is 29.9 Å². The van der Waals surface area contributed by atoms with Gasteiger partial charge in [-0.25, -0.2) is 9.97 Å². The van der Waals surface area contributed by atoms with Gasteiger partial charge in [0.15, 0.2) is 10.8 Å². The second kappa shape index (κ2) is 4.34. The van der Waals surface area contributed by atoms with Crippen LogP contribution in [0, 0.1) is 13.8 Å². The predicted molar refractivity (Wildman–Crippen MR) is 72.4 cm³/mol. The summed E-state index contributed by atoms with van der Waals surface area (Å²) in [7, 11) is 0. The van der Waals surface area contributed by atoms with Crippen molar-refractivity contribution in [3.8, 4) is 22.1 Å². The van der Waals surface area contributed by atoms with Crippen molar-refractivity contribution in [1.82, 2.24) is 20.2 Å². The number of hydrogen-bond donors (Lipinski definition) is 1. The number of aromatic nitrogens is 4. The van der Waals surface area contributed by atoms with Crippen molar-refractivity contribution in [1.29, 1.82) is 0 Å². The molecule has 0 aliphatic heterocycles. The number of hydrogen-bond acceptors (Lipinski definition) is 4. The molecule has 0 aliphatic carbocycles. The number of aromatic amines is 1. The van der Waals surface area contributed by atoms with Gasteiger partial charge in [-0.15, -0.1) is 11.3 Å². The number of thiazole rings is 1. The Morgan fingerprint density at radius 1 is 1.11 bits per heavy atom. The summed E-state index contributed by atoms with van der Waals surface area (Å²) in [5.74, 6) is 0.718. The summed E-state index contributed by atoms with van der Waals surface area (Å²) >= 11 is 1.57. The Balaban J connectivity index is 2.03. The van der Waals surface area contributed by atoms with Crippen molar-refractivity contribution in [2.75, 3.05) is 0 Å². The fourth-order valence-electron chi connectivity index (χ4n) is 1.95. The molecule has 5 heteroatoms. The molecule has 4 nitrogen and oxygen atoms in total. The molecule has 1 aromatic carbocycles. The third-order valence-electron chi connectivity index (χ3n) is 2.64. The summed E-state index contributed by atoms with van der Waals surface area (Å²) in [5.41, 5.74) is 4.63. The molecule has 3 rings (SSSR count). The lowest BCUT2D eigenvalue weighted by molar-refractivity contribution is 1.09. The fraction of sp³-hybridized carbons (Fsp3) is 0.154. The van der Waals surface area contributed by atoms with Gasteiger partial charge in [-0.2, -0.15) is 5.10 Å². The van der Waals surface area contributed by atoms with Crippen molar-refractivity contribution >= 4 is 11.3 Å². The van der Waals surface area contributed by atoms with Crippen LogP contribution in [0.4, 0.5) is 0 Å². The predicted octanol–water partition coefficient (Wildman–Crippen LogP) is 3.21. The van der Waals surface area contributed by atoms with Crippen molar-refractivity contribution in [3.05, 3.63) is 41.0 Å². The van der Waals surface area contributed by atoms with Crippen LogP contribution < -0.4 is 0 Å². The Morgan fingerprint density at radius 3 is 2.56 bits per heavy atom. The van der Waals surface area contributed by atoms with Crippen LogP contribution >= 0.6 is 11.3 Å². The molecule has 2 heterocycles. The van der Waals surface area contributed by atoms with Gasteiger partial charge in [-0.1, -0.05) is 17.2 Å². The number of nitrogens with one attached hydrogen (secondary N) is 1. The Kier molecular flexibility index (Phi) is 2.68. The lowest BCUT2D eigenvalue weighted by Gasteiger charge is -2.01. The van der Waals surface area contributed by atoms with E-state index in [0.717, 1.165) is 22.1 Å². The number of rotatable bonds is 2. The van der Waals surface area contributed by atoms with Gasteiger partial charge < -0.3 is 0 Å². The van der Waals surface area contributed by atoms with Crippen LogP contribution in [-0.2, 0) is 0 Å². The zero-order valence-corrected chi connectivity index (χ0v) is 11.0. The molecule has 3 aromatic rings. The van der Waals surface area contributed by atoms with E-state index in [1.165, 1.54) is 17.5 Å². The van der Waals surface area contributed by atoms with Crippen LogP contribution in [-0.4, -0.2) is 20.2 Å². The maximum Gasteiger partial charge on any atom is 0.184 e. The van der Waals surface area contributed by atoms with E-state index in [1.807, 2.05) is 5.38 Å². The highest BCUT2D eigenvalue weighted by molar-refractivity contribution is 7.13. The minimum absolute atomic E-state index is 0.718. The van der Waals surface area contributed by atoms with Gasteiger partial charge in [-0.05, 0) is 26.0 Å². The van der Waals surface area contributed by atoms with Gasteiger partial charge in [0, 0.05) is 10.9 Å². The van der Waals surface area contributed by atoms with E-state index in [4.69, 9.17) is 0 Å². The molecule has 0 saturated heterocycles. The van der Waals surface area contributed by atoms with E-state index in [9.17, 15) is 0 Å². The quantitative estimate of drug-likeness (QED) is 0.766. The Labute approximate surface area is 109 Å². The largest absolute Gasteiger partial charge is 0.257 e. The maximum atomic E-state index is 4.59. The zero-order chi connectivity index (χ0) is 12.5. The van der Waals surface area contributed by atoms with E-state index >= 15 is 0 Å². The average molecular weight is 256 g/mol. The van der Waals surface area contributed by atoms with Gasteiger partial charge in [0.2, 0.25) is 0 Å². The maximum absolute atomic E-state index is 4.59. The van der Waals surface area contributed by atoms with E-state index in [1.54, 1.807) is 11.3 Å². The summed E-state index contributed by atoms with van der Waals surface area (Å²) in [6.07, 6.45) is 1.49. The van der Waals surface area contributed by atoms with Gasteiger partial charge in [-0.3, -0.25) is 5.10 Å². The molecule has 0 saturated carbocycles.